The van der Waals surface area contributed by atoms with Crippen molar-refractivity contribution in [3.63, 3.8) is 0 Å². The van der Waals surface area contributed by atoms with Crippen LogP contribution in [0.2, 0.25) is 0 Å². The minimum absolute atomic E-state index is 0. The van der Waals surface area contributed by atoms with Crippen LogP contribution in [0.25, 0.3) is 0 Å². The lowest BCUT2D eigenvalue weighted by atomic mass is 9.96. The zero-order valence-electron chi connectivity index (χ0n) is 12.8. The molecule has 3 N–H and O–H groups in total. The summed E-state index contributed by atoms with van der Waals surface area (Å²) in [5.74, 6) is -0.373. The molecule has 0 saturated carbocycles. The Morgan fingerprint density at radius 1 is 1.36 bits per heavy atom. The molecule has 0 aliphatic heterocycles. The topological polar surface area (TPSA) is 89.3 Å². The van der Waals surface area contributed by atoms with E-state index in [-0.39, 0.29) is 30.5 Å². The predicted octanol–water partition coefficient (Wildman–Crippen LogP) is 2.06. The maximum Gasteiger partial charge on any atom is 0.241 e. The van der Waals surface area contributed by atoms with Gasteiger partial charge in [0.15, 0.2) is 0 Å². The average molecular weight is 367 g/mol. The van der Waals surface area contributed by atoms with Gasteiger partial charge in [0.05, 0.1) is 16.8 Å². The standard InChI is InChI=1S/C14H22N2O3S2.ClH/c1-9-10-5-3-4-6-12(10)20-14(9)16-13(17)11(15)7-8-21(2,18)19;/h11H,3-8,15H2,1-2H3,(H,16,17);1H. The van der Waals surface area contributed by atoms with E-state index < -0.39 is 15.9 Å². The number of fused-ring (bicyclic) bond motifs is 1. The molecular formula is C14H23ClN2O3S2. The lowest BCUT2D eigenvalue weighted by Crippen LogP contribution is -2.37. The molecule has 2 rings (SSSR count). The van der Waals surface area contributed by atoms with Crippen LogP contribution in [0.4, 0.5) is 5.00 Å². The van der Waals surface area contributed by atoms with Crippen LogP contribution in [0.1, 0.15) is 35.3 Å². The van der Waals surface area contributed by atoms with Crippen molar-refractivity contribution in [3.05, 3.63) is 16.0 Å². The molecule has 1 aromatic heterocycles. The highest BCUT2D eigenvalue weighted by molar-refractivity contribution is 7.90. The van der Waals surface area contributed by atoms with E-state index in [1.807, 2.05) is 6.92 Å². The summed E-state index contributed by atoms with van der Waals surface area (Å²) in [6.07, 6.45) is 5.86. The van der Waals surface area contributed by atoms with E-state index in [4.69, 9.17) is 5.73 Å². The molecule has 0 aromatic carbocycles. The van der Waals surface area contributed by atoms with Gasteiger partial charge in [0, 0.05) is 11.1 Å². The molecule has 0 bridgehead atoms. The number of hydrogen-bond donors (Lipinski definition) is 2. The molecule has 5 nitrogen and oxygen atoms in total. The molecular weight excluding hydrogens is 344 g/mol. The molecule has 1 aromatic rings. The van der Waals surface area contributed by atoms with Gasteiger partial charge in [0.2, 0.25) is 5.91 Å². The molecule has 1 amide bonds. The maximum absolute atomic E-state index is 12.1. The van der Waals surface area contributed by atoms with E-state index in [2.05, 4.69) is 5.32 Å². The highest BCUT2D eigenvalue weighted by atomic mass is 35.5. The number of nitrogens with two attached hydrogens (primary N) is 1. The summed E-state index contributed by atoms with van der Waals surface area (Å²) >= 11 is 1.63. The number of rotatable bonds is 5. The van der Waals surface area contributed by atoms with Crippen LogP contribution in [0.15, 0.2) is 0 Å². The zero-order chi connectivity index (χ0) is 15.6. The molecule has 126 valence electrons. The van der Waals surface area contributed by atoms with Gasteiger partial charge in [0.25, 0.3) is 0 Å². The van der Waals surface area contributed by atoms with Crippen molar-refractivity contribution < 1.29 is 13.2 Å². The van der Waals surface area contributed by atoms with Gasteiger partial charge in [-0.05, 0) is 50.2 Å². The lowest BCUT2D eigenvalue weighted by molar-refractivity contribution is -0.117. The molecule has 1 aliphatic rings. The molecule has 0 fully saturated rings. The number of hydrogen-bond acceptors (Lipinski definition) is 5. The fourth-order valence-corrected chi connectivity index (χ4v) is 4.50. The molecule has 22 heavy (non-hydrogen) atoms. The monoisotopic (exact) mass is 366 g/mol. The highest BCUT2D eigenvalue weighted by Crippen LogP contribution is 2.37. The van der Waals surface area contributed by atoms with Crippen molar-refractivity contribution in [2.24, 2.45) is 5.73 Å². The van der Waals surface area contributed by atoms with Gasteiger partial charge >= 0.3 is 0 Å². The Kier molecular flexibility index (Phi) is 6.85. The van der Waals surface area contributed by atoms with Crippen LogP contribution in [0, 0.1) is 6.92 Å². The van der Waals surface area contributed by atoms with E-state index in [1.54, 1.807) is 11.3 Å². The molecule has 0 spiro atoms. The van der Waals surface area contributed by atoms with Gasteiger partial charge in [-0.25, -0.2) is 8.42 Å². The second-order valence-electron chi connectivity index (χ2n) is 5.68. The van der Waals surface area contributed by atoms with Crippen molar-refractivity contribution in [1.29, 1.82) is 0 Å². The summed E-state index contributed by atoms with van der Waals surface area (Å²) in [5.41, 5.74) is 8.28. The van der Waals surface area contributed by atoms with Gasteiger partial charge < -0.3 is 11.1 Å². The summed E-state index contributed by atoms with van der Waals surface area (Å²) in [6.45, 7) is 2.03. The quantitative estimate of drug-likeness (QED) is 0.834. The first-order valence-corrected chi connectivity index (χ1v) is 10.0. The van der Waals surface area contributed by atoms with E-state index in [0.29, 0.717) is 0 Å². The number of amides is 1. The molecule has 8 heteroatoms. The fourth-order valence-electron chi connectivity index (χ4n) is 2.52. The second-order valence-corrected chi connectivity index (χ2v) is 9.04. The summed E-state index contributed by atoms with van der Waals surface area (Å²) in [4.78, 5) is 13.4. The van der Waals surface area contributed by atoms with E-state index in [9.17, 15) is 13.2 Å². The van der Waals surface area contributed by atoms with Gasteiger partial charge in [-0.2, -0.15) is 0 Å². The number of aryl methyl sites for hydroxylation is 1. The summed E-state index contributed by atoms with van der Waals surface area (Å²) in [7, 11) is -3.09. The number of carbonyl (C=O) groups is 1. The first kappa shape index (κ1) is 19.4. The van der Waals surface area contributed by atoms with Gasteiger partial charge in [0.1, 0.15) is 9.84 Å². The van der Waals surface area contributed by atoms with Crippen molar-refractivity contribution >= 4 is 44.5 Å². The Bertz CT molecular complexity index is 641. The normalized spacial score (nSPS) is 15.6. The van der Waals surface area contributed by atoms with Gasteiger partial charge in [-0.3, -0.25) is 4.79 Å². The molecule has 1 atom stereocenters. The van der Waals surface area contributed by atoms with Crippen LogP contribution < -0.4 is 11.1 Å². The summed E-state index contributed by atoms with van der Waals surface area (Å²) < 4.78 is 22.2. The largest absolute Gasteiger partial charge is 0.320 e. The molecule has 1 unspecified atom stereocenters. The number of halogens is 1. The third-order valence-corrected chi connectivity index (χ3v) is 6.10. The van der Waals surface area contributed by atoms with Crippen LogP contribution in [0.3, 0.4) is 0 Å². The number of thiophene rings is 1. The van der Waals surface area contributed by atoms with E-state index >= 15 is 0 Å². The third-order valence-electron chi connectivity index (χ3n) is 3.81. The number of sulfone groups is 1. The minimum atomic E-state index is -3.09. The number of carbonyl (C=O) groups excluding carboxylic acids is 1. The Hall–Kier alpha value is -0.630. The van der Waals surface area contributed by atoms with Crippen molar-refractivity contribution in [2.45, 2.75) is 45.1 Å². The SMILES string of the molecule is Cc1c(NC(=O)C(N)CCS(C)(=O)=O)sc2c1CCCC2.Cl. The average Bonchev–Trinajstić information content (AvgIpc) is 2.72. The Balaban J connectivity index is 0.00000242. The first-order chi connectivity index (χ1) is 9.78. The number of nitrogens with one attached hydrogen (secondary N) is 1. The Labute approximate surface area is 142 Å². The smallest absolute Gasteiger partial charge is 0.241 e. The van der Waals surface area contributed by atoms with Crippen molar-refractivity contribution in [3.8, 4) is 0 Å². The van der Waals surface area contributed by atoms with Crippen LogP contribution in [-0.4, -0.2) is 32.4 Å². The van der Waals surface area contributed by atoms with Gasteiger partial charge in [-0.1, -0.05) is 0 Å². The second kappa shape index (κ2) is 7.77. The predicted molar refractivity (Wildman–Crippen MR) is 93.9 cm³/mol. The lowest BCUT2D eigenvalue weighted by Gasteiger charge is -2.12. The zero-order valence-corrected chi connectivity index (χ0v) is 15.3. The number of anilines is 1. The van der Waals surface area contributed by atoms with Crippen molar-refractivity contribution in [2.75, 3.05) is 17.3 Å². The molecule has 1 heterocycles. The van der Waals surface area contributed by atoms with Crippen LogP contribution >= 0.6 is 23.7 Å². The molecule has 1 aliphatic carbocycles. The van der Waals surface area contributed by atoms with Crippen LogP contribution in [-0.2, 0) is 27.5 Å². The molecule has 0 saturated heterocycles. The molecule has 0 radical (unpaired) electrons. The Morgan fingerprint density at radius 3 is 2.59 bits per heavy atom. The van der Waals surface area contributed by atoms with Gasteiger partial charge in [-0.15, -0.1) is 23.7 Å². The summed E-state index contributed by atoms with van der Waals surface area (Å²) in [5, 5.41) is 3.73. The van der Waals surface area contributed by atoms with Crippen molar-refractivity contribution in [1.82, 2.24) is 0 Å². The maximum atomic E-state index is 12.1. The first-order valence-electron chi connectivity index (χ1n) is 7.13. The van der Waals surface area contributed by atoms with E-state index in [0.717, 1.165) is 29.7 Å². The fraction of sp³-hybridized carbons (Fsp3) is 0.643. The van der Waals surface area contributed by atoms with E-state index in [1.165, 1.54) is 23.3 Å². The summed E-state index contributed by atoms with van der Waals surface area (Å²) in [6, 6.07) is -0.793. The third kappa shape index (κ3) is 4.94. The minimum Gasteiger partial charge on any atom is -0.320 e. The van der Waals surface area contributed by atoms with Crippen LogP contribution in [0.5, 0.6) is 0 Å². The highest BCUT2D eigenvalue weighted by Gasteiger charge is 2.21. The Morgan fingerprint density at radius 2 is 2.00 bits per heavy atom.